The van der Waals surface area contributed by atoms with Gasteiger partial charge >= 0.3 is 5.97 Å². The van der Waals surface area contributed by atoms with Crippen LogP contribution in [0.2, 0.25) is 0 Å². The molecule has 0 aromatic rings. The number of carbonyl (C=O) groups is 1. The van der Waals surface area contributed by atoms with Gasteiger partial charge in [-0.05, 0) is 33.1 Å². The van der Waals surface area contributed by atoms with Crippen LogP contribution in [-0.2, 0) is 9.53 Å². The second-order valence-corrected chi connectivity index (χ2v) is 3.85. The molecule has 0 aliphatic rings. The first kappa shape index (κ1) is 13.9. The zero-order chi connectivity index (χ0) is 11.7. The van der Waals surface area contributed by atoms with Crippen LogP contribution < -0.4 is 0 Å². The van der Waals surface area contributed by atoms with Crippen molar-refractivity contribution in [3.05, 3.63) is 23.3 Å². The van der Waals surface area contributed by atoms with Gasteiger partial charge in [-0.2, -0.15) is 0 Å². The van der Waals surface area contributed by atoms with Crippen LogP contribution >= 0.6 is 0 Å². The largest absolute Gasteiger partial charge is 0.466 e. The zero-order valence-electron chi connectivity index (χ0n) is 10.3. The van der Waals surface area contributed by atoms with Crippen LogP contribution in [0.15, 0.2) is 23.3 Å². The van der Waals surface area contributed by atoms with Gasteiger partial charge < -0.3 is 4.74 Å². The van der Waals surface area contributed by atoms with Gasteiger partial charge in [-0.1, -0.05) is 30.6 Å². The molecule has 0 aromatic heterocycles. The van der Waals surface area contributed by atoms with Gasteiger partial charge in [-0.3, -0.25) is 0 Å². The van der Waals surface area contributed by atoms with Crippen molar-refractivity contribution >= 4 is 5.97 Å². The molecular formula is C13H22O2. The summed E-state index contributed by atoms with van der Waals surface area (Å²) in [5.74, 6) is -0.262. The van der Waals surface area contributed by atoms with Gasteiger partial charge in [-0.25, -0.2) is 4.79 Å². The summed E-state index contributed by atoms with van der Waals surface area (Å²) >= 11 is 0. The van der Waals surface area contributed by atoms with Crippen molar-refractivity contribution in [3.8, 4) is 0 Å². The quantitative estimate of drug-likeness (QED) is 0.380. The molecule has 0 spiro atoms. The van der Waals surface area contributed by atoms with Crippen molar-refractivity contribution in [2.45, 2.75) is 46.5 Å². The Morgan fingerprint density at radius 1 is 1.20 bits per heavy atom. The van der Waals surface area contributed by atoms with E-state index in [1.807, 2.05) is 6.92 Å². The fraction of sp³-hybridized carbons (Fsp3) is 0.615. The molecule has 0 heterocycles. The summed E-state index contributed by atoms with van der Waals surface area (Å²) in [6.07, 6.45) is 8.10. The Kier molecular flexibility index (Phi) is 7.69. The van der Waals surface area contributed by atoms with Crippen molar-refractivity contribution in [2.24, 2.45) is 0 Å². The third-order valence-corrected chi connectivity index (χ3v) is 2.24. The lowest BCUT2D eigenvalue weighted by Gasteiger charge is -2.00. The maximum atomic E-state index is 10.9. The normalized spacial score (nSPS) is 12.8. The van der Waals surface area contributed by atoms with Gasteiger partial charge in [0.05, 0.1) is 7.11 Å². The Morgan fingerprint density at radius 2 is 1.87 bits per heavy atom. The number of hydrogen-bond acceptors (Lipinski definition) is 2. The standard InChI is InChI=1S/C13H22O2/c1-5-7-11(2)8-6-9-12(3)10-13(14)15-4/h8,10H,5-7,9H2,1-4H3/b11-8-,12-10-. The molecule has 0 radical (unpaired) electrons. The van der Waals surface area contributed by atoms with Crippen molar-refractivity contribution in [1.29, 1.82) is 0 Å². The highest BCUT2D eigenvalue weighted by molar-refractivity contribution is 5.82. The molecule has 0 aliphatic carbocycles. The SMILES string of the molecule is CCC/C(C)=C\CC/C(C)=C\C(=O)OC. The van der Waals surface area contributed by atoms with Gasteiger partial charge in [0.1, 0.15) is 0 Å². The molecule has 2 heteroatoms. The van der Waals surface area contributed by atoms with Gasteiger partial charge in [0.15, 0.2) is 0 Å². The molecule has 0 unspecified atom stereocenters. The molecule has 0 saturated carbocycles. The second kappa shape index (κ2) is 8.27. The predicted octanol–water partition coefficient (Wildman–Crippen LogP) is 3.63. The number of rotatable bonds is 6. The molecule has 0 aliphatic heterocycles. The smallest absolute Gasteiger partial charge is 0.330 e. The fourth-order valence-electron chi connectivity index (χ4n) is 1.37. The number of ether oxygens (including phenoxy) is 1. The molecule has 0 amide bonds. The van der Waals surface area contributed by atoms with Gasteiger partial charge in [0.25, 0.3) is 0 Å². The Morgan fingerprint density at radius 3 is 2.40 bits per heavy atom. The first-order valence-corrected chi connectivity index (χ1v) is 5.50. The van der Waals surface area contributed by atoms with Crippen LogP contribution in [-0.4, -0.2) is 13.1 Å². The van der Waals surface area contributed by atoms with Gasteiger partial charge in [-0.15, -0.1) is 0 Å². The molecule has 2 nitrogen and oxygen atoms in total. The van der Waals surface area contributed by atoms with Crippen LogP contribution in [0.25, 0.3) is 0 Å². The van der Waals surface area contributed by atoms with E-state index in [9.17, 15) is 4.79 Å². The zero-order valence-corrected chi connectivity index (χ0v) is 10.3. The molecule has 0 fully saturated rings. The molecule has 0 aromatic carbocycles. The lowest BCUT2D eigenvalue weighted by atomic mass is 10.1. The highest BCUT2D eigenvalue weighted by atomic mass is 16.5. The van der Waals surface area contributed by atoms with E-state index >= 15 is 0 Å². The van der Waals surface area contributed by atoms with Crippen molar-refractivity contribution in [3.63, 3.8) is 0 Å². The minimum atomic E-state index is -0.262. The molecule has 0 atom stereocenters. The number of hydrogen-bond donors (Lipinski definition) is 0. The maximum absolute atomic E-state index is 10.9. The Labute approximate surface area is 93.0 Å². The minimum Gasteiger partial charge on any atom is -0.466 e. The third-order valence-electron chi connectivity index (χ3n) is 2.24. The Balaban J connectivity index is 3.90. The highest BCUT2D eigenvalue weighted by Crippen LogP contribution is 2.09. The van der Waals surface area contributed by atoms with Crippen LogP contribution in [0.1, 0.15) is 46.5 Å². The number of methoxy groups -OCH3 is 1. The van der Waals surface area contributed by atoms with E-state index in [1.54, 1.807) is 6.08 Å². The fourth-order valence-corrected chi connectivity index (χ4v) is 1.37. The van der Waals surface area contributed by atoms with Crippen LogP contribution in [0.4, 0.5) is 0 Å². The molecule has 0 rings (SSSR count). The molecule has 0 N–H and O–H groups in total. The maximum Gasteiger partial charge on any atom is 0.330 e. The first-order chi connectivity index (χ1) is 7.10. The predicted molar refractivity (Wildman–Crippen MR) is 63.7 cm³/mol. The summed E-state index contributed by atoms with van der Waals surface area (Å²) in [5, 5.41) is 0. The average molecular weight is 210 g/mol. The van der Waals surface area contributed by atoms with E-state index in [2.05, 4.69) is 24.7 Å². The van der Waals surface area contributed by atoms with Crippen molar-refractivity contribution in [1.82, 2.24) is 0 Å². The van der Waals surface area contributed by atoms with E-state index in [0.717, 1.165) is 18.4 Å². The summed E-state index contributed by atoms with van der Waals surface area (Å²) in [6.45, 7) is 6.29. The molecule has 0 saturated heterocycles. The van der Waals surface area contributed by atoms with E-state index in [1.165, 1.54) is 25.5 Å². The summed E-state index contributed by atoms with van der Waals surface area (Å²) in [7, 11) is 1.40. The van der Waals surface area contributed by atoms with Crippen LogP contribution in [0, 0.1) is 0 Å². The monoisotopic (exact) mass is 210 g/mol. The highest BCUT2D eigenvalue weighted by Gasteiger charge is 1.96. The third kappa shape index (κ3) is 7.98. The summed E-state index contributed by atoms with van der Waals surface area (Å²) in [4.78, 5) is 10.9. The van der Waals surface area contributed by atoms with Crippen LogP contribution in [0.5, 0.6) is 0 Å². The first-order valence-electron chi connectivity index (χ1n) is 5.50. The summed E-state index contributed by atoms with van der Waals surface area (Å²) in [6, 6.07) is 0. The molecule has 0 bridgehead atoms. The van der Waals surface area contributed by atoms with E-state index in [4.69, 9.17) is 0 Å². The second-order valence-electron chi connectivity index (χ2n) is 3.85. The number of esters is 1. The van der Waals surface area contributed by atoms with Crippen molar-refractivity contribution < 1.29 is 9.53 Å². The van der Waals surface area contributed by atoms with E-state index in [0.29, 0.717) is 0 Å². The summed E-state index contributed by atoms with van der Waals surface area (Å²) in [5.41, 5.74) is 2.51. The topological polar surface area (TPSA) is 26.3 Å². The van der Waals surface area contributed by atoms with Crippen molar-refractivity contribution in [2.75, 3.05) is 7.11 Å². The van der Waals surface area contributed by atoms with Gasteiger partial charge in [0, 0.05) is 6.08 Å². The average Bonchev–Trinajstić information content (AvgIpc) is 2.18. The molecular weight excluding hydrogens is 188 g/mol. The number of allylic oxidation sites excluding steroid dienone is 3. The van der Waals surface area contributed by atoms with E-state index in [-0.39, 0.29) is 5.97 Å². The van der Waals surface area contributed by atoms with E-state index < -0.39 is 0 Å². The summed E-state index contributed by atoms with van der Waals surface area (Å²) < 4.78 is 4.56. The molecule has 15 heavy (non-hydrogen) atoms. The lowest BCUT2D eigenvalue weighted by molar-refractivity contribution is -0.134. The van der Waals surface area contributed by atoms with Crippen LogP contribution in [0.3, 0.4) is 0 Å². The lowest BCUT2D eigenvalue weighted by Crippen LogP contribution is -1.95. The molecule has 86 valence electrons. The minimum absolute atomic E-state index is 0.262. The van der Waals surface area contributed by atoms with Gasteiger partial charge in [0.2, 0.25) is 0 Å². The Bertz CT molecular complexity index is 249. The Hall–Kier alpha value is -1.05. The number of carbonyl (C=O) groups excluding carboxylic acids is 1.